The predicted octanol–water partition coefficient (Wildman–Crippen LogP) is 3.73. The first-order valence-electron chi connectivity index (χ1n) is 14.0. The fourth-order valence-corrected chi connectivity index (χ4v) is 6.17. The van der Waals surface area contributed by atoms with E-state index in [2.05, 4.69) is 15.5 Å². The molecule has 1 saturated heterocycles. The Hall–Kier alpha value is -4.79. The summed E-state index contributed by atoms with van der Waals surface area (Å²) in [5.41, 5.74) is 4.24. The van der Waals surface area contributed by atoms with Crippen molar-refractivity contribution in [3.8, 4) is 0 Å². The second-order valence-electron chi connectivity index (χ2n) is 11.1. The average Bonchev–Trinajstić information content (AvgIpc) is 3.88. The van der Waals surface area contributed by atoms with E-state index in [1.807, 2.05) is 58.3 Å². The van der Waals surface area contributed by atoms with Crippen molar-refractivity contribution in [2.75, 3.05) is 31.5 Å². The minimum Gasteiger partial charge on any atom is -0.377 e. The van der Waals surface area contributed by atoms with Crippen LogP contribution < -0.4 is 10.9 Å². The van der Waals surface area contributed by atoms with Gasteiger partial charge in [-0.15, -0.1) is 0 Å². The Labute approximate surface area is 236 Å². The van der Waals surface area contributed by atoms with Gasteiger partial charge in [0.2, 0.25) is 5.91 Å². The Morgan fingerprint density at radius 2 is 1.61 bits per heavy atom. The Kier molecular flexibility index (Phi) is 6.14. The van der Waals surface area contributed by atoms with Crippen LogP contribution in [0.15, 0.2) is 71.5 Å². The molecule has 2 amide bonds. The molecule has 2 N–H and O–H groups in total. The minimum atomic E-state index is -0.327. The van der Waals surface area contributed by atoms with Crippen molar-refractivity contribution in [3.05, 3.63) is 105 Å². The van der Waals surface area contributed by atoms with E-state index in [0.29, 0.717) is 42.7 Å². The number of nitrogens with one attached hydrogen (secondary N) is 2. The molecule has 2 fully saturated rings. The molecule has 41 heavy (non-hydrogen) atoms. The third-order valence-electron chi connectivity index (χ3n) is 8.51. The Morgan fingerprint density at radius 1 is 0.878 bits per heavy atom. The number of benzene rings is 3. The van der Waals surface area contributed by atoms with Gasteiger partial charge in [0.25, 0.3) is 11.5 Å². The standard InChI is InChI=1S/C32H29N5O4/c38-18-19-7-9-20(10-8-19)28-26(29-27-24(30(39)35-34-29)5-2-6-25(27)33-28)22-3-1-4-23(17-22)32(41)37-15-13-36(14-16-37)31(40)21-11-12-21/h1-10,17-18,21,26,28,33H,11-16H2,(H,35,39). The number of hydrogen-bond donors (Lipinski definition) is 2. The second kappa shape index (κ2) is 9.99. The molecule has 2 aliphatic heterocycles. The van der Waals surface area contributed by atoms with Gasteiger partial charge in [0.05, 0.1) is 23.0 Å². The van der Waals surface area contributed by atoms with Crippen LogP contribution in [-0.2, 0) is 4.79 Å². The summed E-state index contributed by atoms with van der Waals surface area (Å²) >= 11 is 0. The molecule has 4 aromatic rings. The average molecular weight is 548 g/mol. The molecular formula is C32H29N5O4. The van der Waals surface area contributed by atoms with E-state index in [1.54, 1.807) is 18.2 Å². The lowest BCUT2D eigenvalue weighted by Crippen LogP contribution is -2.51. The number of piperazine rings is 1. The van der Waals surface area contributed by atoms with Gasteiger partial charge < -0.3 is 15.1 Å². The van der Waals surface area contributed by atoms with Crippen LogP contribution in [0.25, 0.3) is 10.8 Å². The summed E-state index contributed by atoms with van der Waals surface area (Å²) in [6, 6.07) is 20.3. The highest BCUT2D eigenvalue weighted by Crippen LogP contribution is 2.46. The van der Waals surface area contributed by atoms with Crippen molar-refractivity contribution < 1.29 is 14.4 Å². The highest BCUT2D eigenvalue weighted by Gasteiger charge is 2.37. The number of hydrogen-bond acceptors (Lipinski definition) is 6. The first-order valence-corrected chi connectivity index (χ1v) is 14.0. The van der Waals surface area contributed by atoms with Crippen molar-refractivity contribution in [1.29, 1.82) is 0 Å². The number of aromatic amines is 1. The number of aldehydes is 1. The van der Waals surface area contributed by atoms with Gasteiger partial charge in [-0.05, 0) is 48.2 Å². The van der Waals surface area contributed by atoms with Crippen molar-refractivity contribution in [3.63, 3.8) is 0 Å². The number of H-pyrrole nitrogens is 1. The molecule has 2 unspecified atom stereocenters. The van der Waals surface area contributed by atoms with Crippen LogP contribution in [0, 0.1) is 5.92 Å². The molecule has 9 heteroatoms. The fraction of sp³-hybridized carbons (Fsp3) is 0.281. The number of nitrogens with zero attached hydrogens (tertiary/aromatic N) is 3. The maximum atomic E-state index is 13.6. The van der Waals surface area contributed by atoms with E-state index in [1.165, 1.54) is 0 Å². The molecule has 206 valence electrons. The summed E-state index contributed by atoms with van der Waals surface area (Å²) in [5.74, 6) is 0.00274. The molecule has 0 spiro atoms. The monoisotopic (exact) mass is 547 g/mol. The lowest BCUT2D eigenvalue weighted by Gasteiger charge is -2.36. The van der Waals surface area contributed by atoms with E-state index in [9.17, 15) is 19.2 Å². The molecule has 0 radical (unpaired) electrons. The highest BCUT2D eigenvalue weighted by atomic mass is 16.2. The van der Waals surface area contributed by atoms with Crippen LogP contribution in [0.2, 0.25) is 0 Å². The molecule has 9 nitrogen and oxygen atoms in total. The fourth-order valence-electron chi connectivity index (χ4n) is 6.17. The van der Waals surface area contributed by atoms with Crippen LogP contribution in [0.3, 0.4) is 0 Å². The quantitative estimate of drug-likeness (QED) is 0.368. The molecule has 3 aliphatic rings. The number of rotatable bonds is 5. The van der Waals surface area contributed by atoms with Gasteiger partial charge in [-0.2, -0.15) is 5.10 Å². The first kappa shape index (κ1) is 25.2. The molecular weight excluding hydrogens is 518 g/mol. The molecule has 1 saturated carbocycles. The summed E-state index contributed by atoms with van der Waals surface area (Å²) in [7, 11) is 0. The number of carbonyl (C=O) groups excluding carboxylic acids is 3. The van der Waals surface area contributed by atoms with Crippen molar-refractivity contribution in [1.82, 2.24) is 20.0 Å². The molecule has 2 atom stereocenters. The number of aromatic nitrogens is 2. The van der Waals surface area contributed by atoms with Gasteiger partial charge in [0.15, 0.2) is 0 Å². The molecule has 1 aromatic heterocycles. The number of carbonyl (C=O) groups is 3. The normalized spacial score (nSPS) is 20.0. The van der Waals surface area contributed by atoms with Crippen LogP contribution in [0.4, 0.5) is 5.69 Å². The summed E-state index contributed by atoms with van der Waals surface area (Å²) < 4.78 is 0. The van der Waals surface area contributed by atoms with Gasteiger partial charge in [0, 0.05) is 54.3 Å². The topological polar surface area (TPSA) is 115 Å². The smallest absolute Gasteiger partial charge is 0.272 e. The van der Waals surface area contributed by atoms with E-state index in [0.717, 1.165) is 47.0 Å². The molecule has 7 rings (SSSR count). The van der Waals surface area contributed by atoms with Gasteiger partial charge in [-0.25, -0.2) is 5.10 Å². The Balaban J connectivity index is 1.25. The molecule has 1 aliphatic carbocycles. The molecule has 3 aromatic carbocycles. The third kappa shape index (κ3) is 4.47. The number of amides is 2. The molecule has 0 bridgehead atoms. The summed E-state index contributed by atoms with van der Waals surface area (Å²) in [5, 5.41) is 12.1. The van der Waals surface area contributed by atoms with E-state index < -0.39 is 0 Å². The zero-order valence-corrected chi connectivity index (χ0v) is 22.4. The van der Waals surface area contributed by atoms with E-state index in [4.69, 9.17) is 0 Å². The highest BCUT2D eigenvalue weighted by molar-refractivity contribution is 5.98. The maximum Gasteiger partial charge on any atom is 0.272 e. The minimum absolute atomic E-state index is 0.0685. The lowest BCUT2D eigenvalue weighted by atomic mass is 9.79. The predicted molar refractivity (Wildman–Crippen MR) is 154 cm³/mol. The van der Waals surface area contributed by atoms with E-state index in [-0.39, 0.29) is 35.3 Å². The van der Waals surface area contributed by atoms with Gasteiger partial charge in [-0.1, -0.05) is 42.5 Å². The van der Waals surface area contributed by atoms with Crippen LogP contribution in [0.5, 0.6) is 0 Å². The van der Waals surface area contributed by atoms with Gasteiger partial charge >= 0.3 is 0 Å². The Bertz CT molecular complexity index is 1740. The SMILES string of the molecule is O=Cc1ccc(C2Nc3cccc4c(=O)[nH]nc(c34)C2c2cccc(C(=O)N3CCN(C(=O)C4CC4)CC3)c2)cc1. The van der Waals surface area contributed by atoms with Crippen molar-refractivity contribution in [2.45, 2.75) is 24.8 Å². The van der Waals surface area contributed by atoms with Crippen molar-refractivity contribution in [2.24, 2.45) is 5.92 Å². The first-order chi connectivity index (χ1) is 20.0. The number of anilines is 1. The zero-order chi connectivity index (χ0) is 28.1. The summed E-state index contributed by atoms with van der Waals surface area (Å²) in [4.78, 5) is 53.8. The van der Waals surface area contributed by atoms with Crippen LogP contribution >= 0.6 is 0 Å². The molecule has 3 heterocycles. The second-order valence-corrected chi connectivity index (χ2v) is 11.1. The zero-order valence-electron chi connectivity index (χ0n) is 22.4. The Morgan fingerprint density at radius 3 is 2.34 bits per heavy atom. The lowest BCUT2D eigenvalue weighted by molar-refractivity contribution is -0.134. The third-order valence-corrected chi connectivity index (χ3v) is 8.51. The largest absolute Gasteiger partial charge is 0.377 e. The summed E-state index contributed by atoms with van der Waals surface area (Å²) in [6.45, 7) is 2.13. The van der Waals surface area contributed by atoms with Gasteiger partial charge in [0.1, 0.15) is 6.29 Å². The maximum absolute atomic E-state index is 13.6. The van der Waals surface area contributed by atoms with E-state index >= 15 is 0 Å². The van der Waals surface area contributed by atoms with Gasteiger partial charge in [-0.3, -0.25) is 19.2 Å². The summed E-state index contributed by atoms with van der Waals surface area (Å²) in [6.07, 6.45) is 2.77. The van der Waals surface area contributed by atoms with Crippen LogP contribution in [0.1, 0.15) is 62.3 Å². The van der Waals surface area contributed by atoms with Crippen molar-refractivity contribution >= 4 is 34.6 Å². The van der Waals surface area contributed by atoms with Crippen LogP contribution in [-0.4, -0.2) is 64.3 Å².